The zero-order valence-corrected chi connectivity index (χ0v) is 28.6. The summed E-state index contributed by atoms with van der Waals surface area (Å²) >= 11 is 0. The molecule has 0 aromatic rings. The number of hydrogen-bond donors (Lipinski definition) is 0. The second kappa shape index (κ2) is 38.6. The van der Waals surface area contributed by atoms with E-state index in [9.17, 15) is 9.59 Å². The quantitative estimate of drug-likeness (QED) is 0.0413. The second-order valence-corrected chi connectivity index (χ2v) is 11.0. The van der Waals surface area contributed by atoms with Gasteiger partial charge in [0, 0.05) is 12.5 Å². The highest BCUT2D eigenvalue weighted by Gasteiger charge is 2.03. The van der Waals surface area contributed by atoms with Gasteiger partial charge < -0.3 is 37.9 Å². The first-order chi connectivity index (χ1) is 22.2. The number of carbonyl (C=O) groups excluding carboxylic acids is 2. The molecular weight excluding hydrogens is 580 g/mol. The molecule has 45 heavy (non-hydrogen) atoms. The molecule has 0 fully saturated rings. The summed E-state index contributed by atoms with van der Waals surface area (Å²) in [5.41, 5.74) is 0. The molecule has 0 rings (SSSR count). The minimum atomic E-state index is -0.457. The van der Waals surface area contributed by atoms with Crippen LogP contribution in [-0.2, 0) is 47.5 Å². The van der Waals surface area contributed by atoms with Crippen molar-refractivity contribution >= 4 is 11.9 Å². The molecule has 0 saturated heterocycles. The summed E-state index contributed by atoms with van der Waals surface area (Å²) in [7, 11) is 0. The molecule has 266 valence electrons. The van der Waals surface area contributed by atoms with Crippen LogP contribution >= 0.6 is 0 Å². The van der Waals surface area contributed by atoms with Gasteiger partial charge in [-0.15, -0.1) is 0 Å². The summed E-state index contributed by atoms with van der Waals surface area (Å²) in [5, 5.41) is 0. The third kappa shape index (κ3) is 38.5. The Hall–Kier alpha value is -1.56. The molecule has 0 saturated carbocycles. The predicted molar refractivity (Wildman–Crippen MR) is 177 cm³/mol. The van der Waals surface area contributed by atoms with E-state index in [0.717, 1.165) is 18.9 Å². The van der Waals surface area contributed by atoms with Gasteiger partial charge in [-0.05, 0) is 6.42 Å². The van der Waals surface area contributed by atoms with E-state index in [1.807, 2.05) is 0 Å². The van der Waals surface area contributed by atoms with Gasteiger partial charge in [-0.2, -0.15) is 0 Å². The van der Waals surface area contributed by atoms with Crippen molar-refractivity contribution in [3.05, 3.63) is 12.7 Å². The molecule has 0 atom stereocenters. The third-order valence-corrected chi connectivity index (χ3v) is 6.97. The average Bonchev–Trinajstić information content (AvgIpc) is 3.05. The molecule has 0 aromatic heterocycles. The molecule has 10 nitrogen and oxygen atoms in total. The van der Waals surface area contributed by atoms with Gasteiger partial charge in [0.15, 0.2) is 0 Å². The van der Waals surface area contributed by atoms with Crippen molar-refractivity contribution in [2.75, 3.05) is 92.5 Å². The van der Waals surface area contributed by atoms with E-state index in [-0.39, 0.29) is 19.2 Å². The fourth-order valence-corrected chi connectivity index (χ4v) is 4.39. The third-order valence-electron chi connectivity index (χ3n) is 6.97. The number of rotatable bonds is 38. The first-order valence-corrected chi connectivity index (χ1v) is 17.6. The Morgan fingerprint density at radius 3 is 1.04 bits per heavy atom. The lowest BCUT2D eigenvalue weighted by molar-refractivity contribution is -0.145. The number of esters is 2. The van der Waals surface area contributed by atoms with Gasteiger partial charge in [-0.3, -0.25) is 4.79 Å². The summed E-state index contributed by atoms with van der Waals surface area (Å²) in [6.07, 6.45) is 21.3. The lowest BCUT2D eigenvalue weighted by atomic mass is 10.0. The Kier molecular flexibility index (Phi) is 37.3. The number of hydrogen-bond acceptors (Lipinski definition) is 10. The largest absolute Gasteiger partial charge is 0.463 e. The number of carbonyl (C=O) groups is 2. The summed E-state index contributed by atoms with van der Waals surface area (Å²) in [5.74, 6) is -0.592. The summed E-state index contributed by atoms with van der Waals surface area (Å²) in [4.78, 5) is 22.7. The molecule has 0 amide bonds. The van der Waals surface area contributed by atoms with Crippen molar-refractivity contribution in [2.24, 2.45) is 0 Å². The molecule has 0 aliphatic rings. The molecule has 0 unspecified atom stereocenters. The van der Waals surface area contributed by atoms with Gasteiger partial charge >= 0.3 is 11.9 Å². The minimum Gasteiger partial charge on any atom is -0.463 e. The predicted octanol–water partition coefficient (Wildman–Crippen LogP) is 6.62. The molecule has 0 N–H and O–H groups in total. The van der Waals surface area contributed by atoms with Crippen LogP contribution in [0.1, 0.15) is 110 Å². The average molecular weight is 647 g/mol. The van der Waals surface area contributed by atoms with Crippen molar-refractivity contribution < 1.29 is 47.5 Å². The van der Waals surface area contributed by atoms with Crippen molar-refractivity contribution in [1.29, 1.82) is 0 Å². The zero-order chi connectivity index (χ0) is 32.7. The number of unbranched alkanes of at least 4 members (excludes halogenated alkanes) is 14. The minimum absolute atomic E-state index is 0.134. The highest BCUT2D eigenvalue weighted by atomic mass is 16.6. The van der Waals surface area contributed by atoms with E-state index in [1.54, 1.807) is 0 Å². The van der Waals surface area contributed by atoms with Crippen molar-refractivity contribution in [2.45, 2.75) is 110 Å². The number of ether oxygens (including phenoxy) is 8. The van der Waals surface area contributed by atoms with E-state index in [0.29, 0.717) is 85.7 Å². The molecular formula is C35H66O10. The van der Waals surface area contributed by atoms with E-state index < -0.39 is 5.97 Å². The van der Waals surface area contributed by atoms with Gasteiger partial charge in [-0.1, -0.05) is 103 Å². The zero-order valence-electron chi connectivity index (χ0n) is 28.6. The summed E-state index contributed by atoms with van der Waals surface area (Å²) < 4.78 is 42.5. The normalized spacial score (nSPS) is 11.1. The standard InChI is InChI=1S/C35H66O10/c1-3-5-6-7-8-9-10-11-12-13-14-15-16-17-18-19-35(37)45-33-31-43-29-27-41-25-23-39-21-20-38-22-24-40-26-28-42-30-32-44-34(36)4-2/h4H,2-3,5-33H2,1H3. The fourth-order valence-electron chi connectivity index (χ4n) is 4.39. The molecule has 0 radical (unpaired) electrons. The van der Waals surface area contributed by atoms with Crippen molar-refractivity contribution in [1.82, 2.24) is 0 Å². The fraction of sp³-hybridized carbons (Fsp3) is 0.886. The monoisotopic (exact) mass is 646 g/mol. The van der Waals surface area contributed by atoms with Gasteiger partial charge in [0.1, 0.15) is 13.2 Å². The van der Waals surface area contributed by atoms with Crippen LogP contribution in [0.25, 0.3) is 0 Å². The molecule has 0 heterocycles. The van der Waals surface area contributed by atoms with Crippen LogP contribution in [0, 0.1) is 0 Å². The Balaban J connectivity index is 3.15. The first kappa shape index (κ1) is 43.4. The SMILES string of the molecule is C=CC(=O)OCCOCCOCCOCCOCCOCCOCCOC(=O)CCCCCCCCCCCCCCCCC. The van der Waals surface area contributed by atoms with Gasteiger partial charge in [-0.25, -0.2) is 4.79 Å². The highest BCUT2D eigenvalue weighted by Crippen LogP contribution is 2.13. The van der Waals surface area contributed by atoms with Crippen LogP contribution in [0.15, 0.2) is 12.7 Å². The van der Waals surface area contributed by atoms with Crippen molar-refractivity contribution in [3.8, 4) is 0 Å². The first-order valence-electron chi connectivity index (χ1n) is 17.6. The molecule has 0 bridgehead atoms. The summed E-state index contributed by atoms with van der Waals surface area (Å²) in [6, 6.07) is 0. The van der Waals surface area contributed by atoms with Crippen LogP contribution in [0.2, 0.25) is 0 Å². The lowest BCUT2D eigenvalue weighted by Gasteiger charge is -2.08. The van der Waals surface area contributed by atoms with Crippen LogP contribution < -0.4 is 0 Å². The Labute approximate surface area is 274 Å². The van der Waals surface area contributed by atoms with E-state index >= 15 is 0 Å². The van der Waals surface area contributed by atoms with Gasteiger partial charge in [0.05, 0.1) is 79.3 Å². The molecule has 0 aliphatic heterocycles. The molecule has 10 heteroatoms. The molecule has 0 aliphatic carbocycles. The Morgan fingerprint density at radius 2 is 0.711 bits per heavy atom. The summed E-state index contributed by atoms with van der Waals surface area (Å²) in [6.45, 7) is 11.4. The second-order valence-electron chi connectivity index (χ2n) is 11.0. The lowest BCUT2D eigenvalue weighted by Crippen LogP contribution is -2.15. The van der Waals surface area contributed by atoms with Crippen LogP contribution in [0.5, 0.6) is 0 Å². The van der Waals surface area contributed by atoms with E-state index in [1.165, 1.54) is 83.5 Å². The maximum Gasteiger partial charge on any atom is 0.330 e. The van der Waals surface area contributed by atoms with Gasteiger partial charge in [0.25, 0.3) is 0 Å². The Bertz CT molecular complexity index is 632. The maximum absolute atomic E-state index is 11.9. The smallest absolute Gasteiger partial charge is 0.330 e. The molecule has 0 spiro atoms. The van der Waals surface area contributed by atoms with Crippen molar-refractivity contribution in [3.63, 3.8) is 0 Å². The van der Waals surface area contributed by atoms with E-state index in [2.05, 4.69) is 13.5 Å². The van der Waals surface area contributed by atoms with E-state index in [4.69, 9.17) is 37.9 Å². The van der Waals surface area contributed by atoms with Crippen LogP contribution in [-0.4, -0.2) is 104 Å². The molecule has 0 aromatic carbocycles. The maximum atomic E-state index is 11.9. The highest BCUT2D eigenvalue weighted by molar-refractivity contribution is 5.81. The topological polar surface area (TPSA) is 108 Å². The van der Waals surface area contributed by atoms with Crippen LogP contribution in [0.4, 0.5) is 0 Å². The van der Waals surface area contributed by atoms with Crippen LogP contribution in [0.3, 0.4) is 0 Å². The Morgan fingerprint density at radius 1 is 0.422 bits per heavy atom. The van der Waals surface area contributed by atoms with Gasteiger partial charge in [0.2, 0.25) is 0 Å².